The zero-order valence-electron chi connectivity index (χ0n) is 45.1. The highest BCUT2D eigenvalue weighted by Gasteiger charge is 2.19. The third kappa shape index (κ3) is 54.1. The highest BCUT2D eigenvalue weighted by atomic mass is 16.6. The quantitative estimate of drug-likeness (QED) is 0.0262. The van der Waals surface area contributed by atoms with E-state index in [0.717, 1.165) is 103 Å². The van der Waals surface area contributed by atoms with Crippen LogP contribution in [0, 0.1) is 0 Å². The molecule has 0 fully saturated rings. The van der Waals surface area contributed by atoms with E-state index < -0.39 is 6.10 Å². The molecule has 6 heteroatoms. The molecule has 0 aliphatic heterocycles. The van der Waals surface area contributed by atoms with E-state index in [1.807, 2.05) is 0 Å². The fourth-order valence-electron chi connectivity index (χ4n) is 8.37. The molecule has 68 heavy (non-hydrogen) atoms. The number of ether oxygens (including phenoxy) is 3. The molecule has 0 heterocycles. The van der Waals surface area contributed by atoms with Crippen molar-refractivity contribution in [2.24, 2.45) is 0 Å². The zero-order valence-corrected chi connectivity index (χ0v) is 45.1. The number of carbonyl (C=O) groups excluding carboxylic acids is 3. The highest BCUT2D eigenvalue weighted by Crippen LogP contribution is 2.16. The Balaban J connectivity index is 4.39. The maximum absolute atomic E-state index is 12.9. The van der Waals surface area contributed by atoms with Crippen molar-refractivity contribution in [2.45, 2.75) is 303 Å². The van der Waals surface area contributed by atoms with Gasteiger partial charge in [-0.1, -0.05) is 255 Å². The normalized spacial score (nSPS) is 12.5. The fourth-order valence-corrected chi connectivity index (χ4v) is 8.37. The molecule has 6 nitrogen and oxygen atoms in total. The van der Waals surface area contributed by atoms with E-state index in [0.29, 0.717) is 19.3 Å². The first kappa shape index (κ1) is 65.1. The molecule has 0 aliphatic rings. The Morgan fingerprint density at radius 2 is 0.574 bits per heavy atom. The SMILES string of the molecule is CC/C=C\C/C=C\C/C=C\CCCCCCCCCC(=O)OCC(COC(=O)CCCCCCC/C=C\C/C=C\CCCCCC)OC(=O)CCCCCCCCCCCCCCCCCCC. The number of esters is 3. The van der Waals surface area contributed by atoms with Gasteiger partial charge in [0.15, 0.2) is 6.10 Å². The second kappa shape index (κ2) is 56.7. The van der Waals surface area contributed by atoms with Gasteiger partial charge in [-0.15, -0.1) is 0 Å². The molecule has 0 saturated heterocycles. The van der Waals surface area contributed by atoms with Crippen LogP contribution in [0.15, 0.2) is 60.8 Å². The molecule has 0 rings (SSSR count). The molecule has 0 spiro atoms. The molecule has 0 amide bonds. The smallest absolute Gasteiger partial charge is 0.306 e. The van der Waals surface area contributed by atoms with Gasteiger partial charge in [0.25, 0.3) is 0 Å². The molecule has 0 saturated carbocycles. The summed E-state index contributed by atoms with van der Waals surface area (Å²) in [5.41, 5.74) is 0. The fraction of sp³-hybridized carbons (Fsp3) is 0.790. The molecule has 0 radical (unpaired) electrons. The van der Waals surface area contributed by atoms with Gasteiger partial charge < -0.3 is 14.2 Å². The molecular formula is C62H110O6. The molecule has 0 aliphatic carbocycles. The van der Waals surface area contributed by atoms with Gasteiger partial charge in [0, 0.05) is 19.3 Å². The first-order valence-corrected chi connectivity index (χ1v) is 29.3. The second-order valence-corrected chi connectivity index (χ2v) is 19.5. The Bertz CT molecular complexity index is 1230. The third-order valence-corrected chi connectivity index (χ3v) is 12.8. The number of hydrogen-bond acceptors (Lipinski definition) is 6. The van der Waals surface area contributed by atoms with E-state index in [1.165, 1.54) is 154 Å². The topological polar surface area (TPSA) is 78.9 Å². The van der Waals surface area contributed by atoms with Crippen molar-refractivity contribution in [3.8, 4) is 0 Å². The van der Waals surface area contributed by atoms with Gasteiger partial charge >= 0.3 is 17.9 Å². The van der Waals surface area contributed by atoms with Crippen LogP contribution in [0.3, 0.4) is 0 Å². The summed E-state index contributed by atoms with van der Waals surface area (Å²) in [4.78, 5) is 38.2. The molecule has 1 atom stereocenters. The lowest BCUT2D eigenvalue weighted by Crippen LogP contribution is -2.30. The van der Waals surface area contributed by atoms with Crippen LogP contribution in [-0.2, 0) is 28.6 Å². The number of hydrogen-bond donors (Lipinski definition) is 0. The zero-order chi connectivity index (χ0) is 49.3. The number of allylic oxidation sites excluding steroid dienone is 10. The minimum absolute atomic E-state index is 0.0816. The van der Waals surface area contributed by atoms with Crippen LogP contribution in [0.2, 0.25) is 0 Å². The molecule has 0 N–H and O–H groups in total. The van der Waals surface area contributed by atoms with Gasteiger partial charge in [0.05, 0.1) is 0 Å². The van der Waals surface area contributed by atoms with Gasteiger partial charge in [-0.25, -0.2) is 0 Å². The summed E-state index contributed by atoms with van der Waals surface area (Å²) in [6.45, 7) is 6.53. The first-order chi connectivity index (χ1) is 33.5. The summed E-state index contributed by atoms with van der Waals surface area (Å²) >= 11 is 0. The Labute approximate surface area is 421 Å². The Morgan fingerprint density at radius 3 is 0.912 bits per heavy atom. The van der Waals surface area contributed by atoms with Crippen LogP contribution in [0.4, 0.5) is 0 Å². The summed E-state index contributed by atoms with van der Waals surface area (Å²) in [6, 6.07) is 0. The van der Waals surface area contributed by atoms with Gasteiger partial charge in [-0.3, -0.25) is 14.4 Å². The Morgan fingerprint density at radius 1 is 0.309 bits per heavy atom. The summed E-state index contributed by atoms with van der Waals surface area (Å²) in [5, 5.41) is 0. The van der Waals surface area contributed by atoms with E-state index in [4.69, 9.17) is 14.2 Å². The van der Waals surface area contributed by atoms with Crippen molar-refractivity contribution in [3.63, 3.8) is 0 Å². The van der Waals surface area contributed by atoms with Gasteiger partial charge in [-0.2, -0.15) is 0 Å². The minimum Gasteiger partial charge on any atom is -0.462 e. The van der Waals surface area contributed by atoms with E-state index >= 15 is 0 Å². The summed E-state index contributed by atoms with van der Waals surface area (Å²) < 4.78 is 16.9. The molecular weight excluding hydrogens is 841 g/mol. The standard InChI is InChI=1S/C62H110O6/c1-4-7-10-13-16-19-22-25-28-31-34-37-40-43-46-49-52-55-61(64)67-58-59(57-66-60(63)54-51-48-45-42-39-36-33-30-27-24-21-18-15-12-9-6-3)68-62(65)56-53-50-47-44-41-38-35-32-29-26-23-20-17-14-11-8-5-2/h7,10,16,19,21,24-25,28,30,33,59H,4-6,8-9,11-15,17-18,20,22-23,26-27,29,31-32,34-58H2,1-3H3/b10-7-,19-16-,24-21-,28-25-,33-30-. The van der Waals surface area contributed by atoms with Crippen LogP contribution < -0.4 is 0 Å². The van der Waals surface area contributed by atoms with Crippen molar-refractivity contribution in [2.75, 3.05) is 13.2 Å². The monoisotopic (exact) mass is 951 g/mol. The van der Waals surface area contributed by atoms with Crippen molar-refractivity contribution in [1.82, 2.24) is 0 Å². The predicted octanol–water partition coefficient (Wildman–Crippen LogP) is 19.6. The molecule has 0 bridgehead atoms. The van der Waals surface area contributed by atoms with Crippen molar-refractivity contribution >= 4 is 17.9 Å². The van der Waals surface area contributed by atoms with Crippen LogP contribution in [0.5, 0.6) is 0 Å². The van der Waals surface area contributed by atoms with Crippen molar-refractivity contribution < 1.29 is 28.6 Å². The van der Waals surface area contributed by atoms with Crippen molar-refractivity contribution in [3.05, 3.63) is 60.8 Å². The lowest BCUT2D eigenvalue weighted by atomic mass is 10.0. The average Bonchev–Trinajstić information content (AvgIpc) is 3.34. The Kier molecular flexibility index (Phi) is 54.3. The molecule has 0 aromatic rings. The maximum Gasteiger partial charge on any atom is 0.306 e. The molecule has 0 aromatic heterocycles. The minimum atomic E-state index is -0.783. The summed E-state index contributed by atoms with van der Waals surface area (Å²) in [7, 11) is 0. The second-order valence-electron chi connectivity index (χ2n) is 19.5. The van der Waals surface area contributed by atoms with Crippen molar-refractivity contribution in [1.29, 1.82) is 0 Å². The van der Waals surface area contributed by atoms with Crippen LogP contribution in [-0.4, -0.2) is 37.2 Å². The molecule has 394 valence electrons. The maximum atomic E-state index is 12.9. The third-order valence-electron chi connectivity index (χ3n) is 12.8. The van der Waals surface area contributed by atoms with E-state index in [2.05, 4.69) is 81.5 Å². The van der Waals surface area contributed by atoms with Crippen LogP contribution in [0.25, 0.3) is 0 Å². The van der Waals surface area contributed by atoms with Gasteiger partial charge in [0.2, 0.25) is 0 Å². The average molecular weight is 952 g/mol. The number of unbranched alkanes of at least 4 members (excludes halogenated alkanes) is 32. The summed E-state index contributed by atoms with van der Waals surface area (Å²) in [5.74, 6) is -0.890. The van der Waals surface area contributed by atoms with Gasteiger partial charge in [0.1, 0.15) is 13.2 Å². The largest absolute Gasteiger partial charge is 0.462 e. The van der Waals surface area contributed by atoms with Crippen LogP contribution in [0.1, 0.15) is 297 Å². The van der Waals surface area contributed by atoms with Gasteiger partial charge in [-0.05, 0) is 83.5 Å². The first-order valence-electron chi connectivity index (χ1n) is 29.3. The number of rotatable bonds is 53. The van der Waals surface area contributed by atoms with E-state index in [1.54, 1.807) is 0 Å². The van der Waals surface area contributed by atoms with Crippen LogP contribution >= 0.6 is 0 Å². The number of carbonyl (C=O) groups is 3. The van der Waals surface area contributed by atoms with E-state index in [9.17, 15) is 14.4 Å². The summed E-state index contributed by atoms with van der Waals surface area (Å²) in [6.07, 6.45) is 70.6. The predicted molar refractivity (Wildman–Crippen MR) is 293 cm³/mol. The lowest BCUT2D eigenvalue weighted by molar-refractivity contribution is -0.167. The highest BCUT2D eigenvalue weighted by molar-refractivity contribution is 5.71. The molecule has 0 aromatic carbocycles. The lowest BCUT2D eigenvalue weighted by Gasteiger charge is -2.18. The van der Waals surface area contributed by atoms with E-state index in [-0.39, 0.29) is 31.1 Å². The Hall–Kier alpha value is -2.89. The molecule has 1 unspecified atom stereocenters.